The van der Waals surface area contributed by atoms with E-state index in [4.69, 9.17) is 14.2 Å². The van der Waals surface area contributed by atoms with Gasteiger partial charge >= 0.3 is 0 Å². The van der Waals surface area contributed by atoms with Crippen molar-refractivity contribution in [1.82, 2.24) is 0 Å². The molecule has 5 atom stereocenters. The van der Waals surface area contributed by atoms with E-state index in [1.165, 1.54) is 0 Å². The quantitative estimate of drug-likeness (QED) is 0.545. The molecule has 0 aromatic heterocycles. The molecule has 4 nitrogen and oxygen atoms in total. The predicted molar refractivity (Wildman–Crippen MR) is 38.2 cm³/mol. The van der Waals surface area contributed by atoms with Gasteiger partial charge in [0.2, 0.25) is 0 Å². The SMILES string of the molecule is O[C@H]1CO[C@H]2O[C@@H]3OCC[C@@H]3[C@H]21. The molecule has 0 spiro atoms. The number of hydrogen-bond acceptors (Lipinski definition) is 4. The van der Waals surface area contributed by atoms with Crippen molar-refractivity contribution in [3.8, 4) is 0 Å². The first-order valence-electron chi connectivity index (χ1n) is 4.43. The molecule has 1 N–H and O–H groups in total. The van der Waals surface area contributed by atoms with Crippen LogP contribution in [0.1, 0.15) is 6.42 Å². The van der Waals surface area contributed by atoms with Crippen molar-refractivity contribution in [2.24, 2.45) is 11.8 Å². The third-order valence-electron chi connectivity index (χ3n) is 3.04. The molecule has 0 radical (unpaired) electrons. The van der Waals surface area contributed by atoms with Crippen LogP contribution in [0.15, 0.2) is 0 Å². The van der Waals surface area contributed by atoms with Crippen molar-refractivity contribution < 1.29 is 19.3 Å². The minimum atomic E-state index is -0.355. The Morgan fingerprint density at radius 2 is 2.08 bits per heavy atom. The van der Waals surface area contributed by atoms with Gasteiger partial charge in [-0.25, -0.2) is 0 Å². The van der Waals surface area contributed by atoms with Gasteiger partial charge in [-0.05, 0) is 6.42 Å². The number of ether oxygens (including phenoxy) is 3. The maximum absolute atomic E-state index is 9.59. The average molecular weight is 172 g/mol. The zero-order valence-corrected chi connectivity index (χ0v) is 6.68. The summed E-state index contributed by atoms with van der Waals surface area (Å²) in [6.07, 6.45) is 0.309. The van der Waals surface area contributed by atoms with E-state index >= 15 is 0 Å². The lowest BCUT2D eigenvalue weighted by Crippen LogP contribution is -2.26. The molecule has 3 fully saturated rings. The molecule has 3 aliphatic rings. The summed E-state index contributed by atoms with van der Waals surface area (Å²) in [5.41, 5.74) is 0. The fourth-order valence-electron chi connectivity index (χ4n) is 2.44. The Morgan fingerprint density at radius 1 is 1.17 bits per heavy atom. The molecule has 3 heterocycles. The van der Waals surface area contributed by atoms with Gasteiger partial charge in [0.05, 0.1) is 19.3 Å². The van der Waals surface area contributed by atoms with E-state index in [0.29, 0.717) is 12.5 Å². The Morgan fingerprint density at radius 3 is 3.00 bits per heavy atom. The molecule has 0 saturated carbocycles. The van der Waals surface area contributed by atoms with Crippen LogP contribution < -0.4 is 0 Å². The molecule has 3 aliphatic heterocycles. The fraction of sp³-hybridized carbons (Fsp3) is 1.00. The van der Waals surface area contributed by atoms with Crippen LogP contribution in [0.4, 0.5) is 0 Å². The number of aliphatic hydroxyl groups excluding tert-OH is 1. The summed E-state index contributed by atoms with van der Waals surface area (Å²) >= 11 is 0. The molecule has 12 heavy (non-hydrogen) atoms. The predicted octanol–water partition coefficient (Wildman–Crippen LogP) is -0.287. The largest absolute Gasteiger partial charge is 0.390 e. The van der Waals surface area contributed by atoms with Crippen molar-refractivity contribution in [2.75, 3.05) is 13.2 Å². The summed E-state index contributed by atoms with van der Waals surface area (Å²) in [4.78, 5) is 0. The minimum Gasteiger partial charge on any atom is -0.390 e. The van der Waals surface area contributed by atoms with Crippen molar-refractivity contribution in [2.45, 2.75) is 25.1 Å². The lowest BCUT2D eigenvalue weighted by molar-refractivity contribution is -0.188. The van der Waals surface area contributed by atoms with Gasteiger partial charge < -0.3 is 19.3 Å². The van der Waals surface area contributed by atoms with Gasteiger partial charge in [0.1, 0.15) is 0 Å². The van der Waals surface area contributed by atoms with Crippen LogP contribution in [0.5, 0.6) is 0 Å². The third kappa shape index (κ3) is 0.808. The highest BCUT2D eigenvalue weighted by molar-refractivity contribution is 4.93. The number of rotatable bonds is 0. The molecule has 0 aromatic rings. The van der Waals surface area contributed by atoms with Crippen molar-refractivity contribution in [1.29, 1.82) is 0 Å². The molecule has 4 heteroatoms. The Labute approximate surface area is 70.4 Å². The highest BCUT2D eigenvalue weighted by Gasteiger charge is 2.54. The number of fused-ring (bicyclic) bond motifs is 3. The van der Waals surface area contributed by atoms with Gasteiger partial charge in [-0.1, -0.05) is 0 Å². The van der Waals surface area contributed by atoms with E-state index in [2.05, 4.69) is 0 Å². The van der Waals surface area contributed by atoms with Crippen LogP contribution in [-0.2, 0) is 14.2 Å². The van der Waals surface area contributed by atoms with Crippen LogP contribution in [0, 0.1) is 11.8 Å². The van der Waals surface area contributed by atoms with E-state index in [0.717, 1.165) is 13.0 Å². The molecular weight excluding hydrogens is 160 g/mol. The summed E-state index contributed by atoms with van der Waals surface area (Å²) in [6, 6.07) is 0. The summed E-state index contributed by atoms with van der Waals surface area (Å²) < 4.78 is 16.1. The molecule has 68 valence electrons. The van der Waals surface area contributed by atoms with Crippen LogP contribution >= 0.6 is 0 Å². The smallest absolute Gasteiger partial charge is 0.166 e. The van der Waals surface area contributed by atoms with Crippen molar-refractivity contribution >= 4 is 0 Å². The minimum absolute atomic E-state index is 0.116. The van der Waals surface area contributed by atoms with E-state index in [-0.39, 0.29) is 24.6 Å². The van der Waals surface area contributed by atoms with Gasteiger partial charge in [0.25, 0.3) is 0 Å². The molecule has 0 bridgehead atoms. The second-order valence-corrected chi connectivity index (χ2v) is 3.67. The Hall–Kier alpha value is -0.160. The van der Waals surface area contributed by atoms with E-state index in [1.54, 1.807) is 0 Å². The number of hydrogen-bond donors (Lipinski definition) is 1. The Balaban J connectivity index is 1.85. The average Bonchev–Trinajstić information content (AvgIpc) is 2.61. The maximum Gasteiger partial charge on any atom is 0.166 e. The van der Waals surface area contributed by atoms with Gasteiger partial charge in [-0.2, -0.15) is 0 Å². The second kappa shape index (κ2) is 2.42. The zero-order chi connectivity index (χ0) is 8.13. The first-order chi connectivity index (χ1) is 5.86. The number of aliphatic hydroxyl groups is 1. The standard InChI is InChI=1S/C8H12O4/c9-5-3-11-8-6(5)4-1-2-10-7(4)12-8/h4-9H,1-3H2/t4-,5+,6+,7+,8+/m1/s1. The van der Waals surface area contributed by atoms with Gasteiger partial charge in [0, 0.05) is 11.8 Å². The lowest BCUT2D eigenvalue weighted by atomic mass is 9.89. The molecule has 3 saturated heterocycles. The second-order valence-electron chi connectivity index (χ2n) is 3.67. The summed E-state index contributed by atoms with van der Waals surface area (Å²) in [5, 5.41) is 9.59. The molecule has 0 amide bonds. The van der Waals surface area contributed by atoms with Crippen LogP contribution in [0.25, 0.3) is 0 Å². The van der Waals surface area contributed by atoms with Crippen molar-refractivity contribution in [3.63, 3.8) is 0 Å². The third-order valence-corrected chi connectivity index (χ3v) is 3.04. The highest BCUT2D eigenvalue weighted by Crippen LogP contribution is 2.44. The maximum atomic E-state index is 9.59. The van der Waals surface area contributed by atoms with E-state index in [9.17, 15) is 5.11 Å². The topological polar surface area (TPSA) is 47.9 Å². The normalized spacial score (nSPS) is 57.2. The Kier molecular flexibility index (Phi) is 1.46. The van der Waals surface area contributed by atoms with Gasteiger partial charge in [-0.15, -0.1) is 0 Å². The lowest BCUT2D eigenvalue weighted by Gasteiger charge is -2.14. The zero-order valence-electron chi connectivity index (χ0n) is 6.68. The molecule has 3 rings (SSSR count). The van der Waals surface area contributed by atoms with Crippen LogP contribution in [0.3, 0.4) is 0 Å². The Bertz CT molecular complexity index is 195. The summed E-state index contributed by atoms with van der Waals surface area (Å²) in [7, 11) is 0. The molecule has 0 aliphatic carbocycles. The molecule has 0 unspecified atom stereocenters. The van der Waals surface area contributed by atoms with Gasteiger partial charge in [0.15, 0.2) is 12.6 Å². The van der Waals surface area contributed by atoms with Crippen molar-refractivity contribution in [3.05, 3.63) is 0 Å². The fourth-order valence-corrected chi connectivity index (χ4v) is 2.44. The van der Waals surface area contributed by atoms with Crippen LogP contribution in [0.2, 0.25) is 0 Å². The highest BCUT2D eigenvalue weighted by atomic mass is 16.8. The molecule has 0 aromatic carbocycles. The first kappa shape index (κ1) is 7.26. The van der Waals surface area contributed by atoms with E-state index < -0.39 is 0 Å². The molecular formula is C8H12O4. The summed E-state index contributed by atoms with van der Waals surface area (Å²) in [6.45, 7) is 1.17. The van der Waals surface area contributed by atoms with E-state index in [1.807, 2.05) is 0 Å². The monoisotopic (exact) mass is 172 g/mol. The van der Waals surface area contributed by atoms with Crippen LogP contribution in [-0.4, -0.2) is 37.0 Å². The van der Waals surface area contributed by atoms with Gasteiger partial charge in [-0.3, -0.25) is 0 Å². The first-order valence-corrected chi connectivity index (χ1v) is 4.43. The summed E-state index contributed by atoms with van der Waals surface area (Å²) in [5.74, 6) is 0.505.